The molecule has 0 heterocycles. The maximum absolute atomic E-state index is 9.46. The number of alkyl halides is 1. The standard InChI is InChI=1S/C19H39ClO2/c1-3-5-7-9-10-12-14-18(13-11-8-6-4-2)16-22-17-19(21)15-20/h18-19,21H,3-17H2,1-2H3. The average Bonchev–Trinajstić information content (AvgIpc) is 2.53. The maximum atomic E-state index is 9.46. The SMILES string of the molecule is CCCCCCCCC(CCCCCC)COCC(O)CCl. The molecular formula is C19H39ClO2. The third-order valence-corrected chi connectivity index (χ3v) is 4.63. The van der Waals surface area contributed by atoms with E-state index < -0.39 is 6.10 Å². The molecule has 0 rings (SSSR count). The molecule has 0 fully saturated rings. The van der Waals surface area contributed by atoms with E-state index in [1.54, 1.807) is 0 Å². The Morgan fingerprint density at radius 2 is 1.27 bits per heavy atom. The van der Waals surface area contributed by atoms with Gasteiger partial charge in [0.1, 0.15) is 0 Å². The first-order chi connectivity index (χ1) is 10.7. The van der Waals surface area contributed by atoms with Crippen molar-refractivity contribution in [2.24, 2.45) is 5.92 Å². The summed E-state index contributed by atoms with van der Waals surface area (Å²) in [7, 11) is 0. The number of hydrogen-bond donors (Lipinski definition) is 1. The van der Waals surface area contributed by atoms with Crippen LogP contribution in [0.25, 0.3) is 0 Å². The Kier molecular flexibility index (Phi) is 17.7. The van der Waals surface area contributed by atoms with E-state index in [0.717, 1.165) is 6.61 Å². The lowest BCUT2D eigenvalue weighted by atomic mass is 9.95. The largest absolute Gasteiger partial charge is 0.389 e. The van der Waals surface area contributed by atoms with E-state index in [9.17, 15) is 5.11 Å². The van der Waals surface area contributed by atoms with Gasteiger partial charge in [0.15, 0.2) is 0 Å². The summed E-state index contributed by atoms with van der Waals surface area (Å²) in [5, 5.41) is 9.46. The molecule has 3 heteroatoms. The zero-order valence-corrected chi connectivity index (χ0v) is 15.8. The van der Waals surface area contributed by atoms with Crippen LogP contribution in [-0.4, -0.2) is 30.3 Å². The number of hydrogen-bond acceptors (Lipinski definition) is 2. The van der Waals surface area contributed by atoms with Crippen molar-refractivity contribution in [2.45, 2.75) is 97.0 Å². The van der Waals surface area contributed by atoms with Crippen LogP contribution >= 0.6 is 11.6 Å². The molecule has 0 aromatic rings. The number of rotatable bonds is 17. The van der Waals surface area contributed by atoms with Gasteiger partial charge in [-0.3, -0.25) is 0 Å². The zero-order chi connectivity index (χ0) is 16.5. The molecule has 0 aromatic carbocycles. The second kappa shape index (κ2) is 17.6. The molecule has 0 aliphatic carbocycles. The monoisotopic (exact) mass is 334 g/mol. The molecule has 2 unspecified atom stereocenters. The number of aliphatic hydroxyl groups excluding tert-OH is 1. The van der Waals surface area contributed by atoms with E-state index in [1.807, 2.05) is 0 Å². The van der Waals surface area contributed by atoms with Gasteiger partial charge < -0.3 is 9.84 Å². The Labute approximate surface area is 144 Å². The molecule has 0 saturated heterocycles. The van der Waals surface area contributed by atoms with Crippen LogP contribution in [0.3, 0.4) is 0 Å². The van der Waals surface area contributed by atoms with E-state index in [0.29, 0.717) is 12.5 Å². The third kappa shape index (κ3) is 15.1. The quantitative estimate of drug-likeness (QED) is 0.263. The molecule has 0 spiro atoms. The topological polar surface area (TPSA) is 29.5 Å². The predicted molar refractivity (Wildman–Crippen MR) is 97.8 cm³/mol. The minimum absolute atomic E-state index is 0.262. The highest BCUT2D eigenvalue weighted by molar-refractivity contribution is 6.18. The van der Waals surface area contributed by atoms with E-state index in [2.05, 4.69) is 13.8 Å². The molecule has 0 bridgehead atoms. The molecule has 0 aromatic heterocycles. The molecule has 0 amide bonds. The summed E-state index contributed by atoms with van der Waals surface area (Å²) >= 11 is 5.60. The van der Waals surface area contributed by atoms with E-state index in [-0.39, 0.29) is 5.88 Å². The van der Waals surface area contributed by atoms with Gasteiger partial charge in [0.05, 0.1) is 18.6 Å². The Morgan fingerprint density at radius 1 is 0.773 bits per heavy atom. The summed E-state index contributed by atoms with van der Waals surface area (Å²) in [6.07, 6.45) is 15.5. The van der Waals surface area contributed by atoms with Crippen molar-refractivity contribution in [3.05, 3.63) is 0 Å². The smallest absolute Gasteiger partial charge is 0.0908 e. The number of halogens is 1. The lowest BCUT2D eigenvalue weighted by Crippen LogP contribution is -2.20. The van der Waals surface area contributed by atoms with Crippen molar-refractivity contribution in [3.63, 3.8) is 0 Å². The van der Waals surface area contributed by atoms with Gasteiger partial charge >= 0.3 is 0 Å². The van der Waals surface area contributed by atoms with Crippen LogP contribution in [-0.2, 0) is 4.74 Å². The number of aliphatic hydroxyl groups is 1. The van der Waals surface area contributed by atoms with Crippen molar-refractivity contribution in [3.8, 4) is 0 Å². The summed E-state index contributed by atoms with van der Waals surface area (Å²) in [5.74, 6) is 0.920. The average molecular weight is 335 g/mol. The van der Waals surface area contributed by atoms with Gasteiger partial charge in [-0.25, -0.2) is 0 Å². The molecule has 0 aliphatic rings. The van der Waals surface area contributed by atoms with Gasteiger partial charge in [0.25, 0.3) is 0 Å². The highest BCUT2D eigenvalue weighted by Crippen LogP contribution is 2.19. The lowest BCUT2D eigenvalue weighted by Gasteiger charge is -2.18. The molecule has 0 radical (unpaired) electrons. The second-order valence-electron chi connectivity index (χ2n) is 6.62. The van der Waals surface area contributed by atoms with E-state index in [4.69, 9.17) is 16.3 Å². The summed E-state index contributed by atoms with van der Waals surface area (Å²) in [5.41, 5.74) is 0. The van der Waals surface area contributed by atoms with Crippen LogP contribution in [0.4, 0.5) is 0 Å². The van der Waals surface area contributed by atoms with E-state index >= 15 is 0 Å². The molecule has 0 aliphatic heterocycles. The van der Waals surface area contributed by atoms with Crippen LogP contribution in [0.1, 0.15) is 90.9 Å². The fourth-order valence-corrected chi connectivity index (χ4v) is 2.89. The highest BCUT2D eigenvalue weighted by atomic mass is 35.5. The molecule has 0 saturated carbocycles. The van der Waals surface area contributed by atoms with Crippen molar-refractivity contribution >= 4 is 11.6 Å². The van der Waals surface area contributed by atoms with Crippen molar-refractivity contribution < 1.29 is 9.84 Å². The zero-order valence-electron chi connectivity index (χ0n) is 15.0. The van der Waals surface area contributed by atoms with Crippen LogP contribution in [0, 0.1) is 5.92 Å². The van der Waals surface area contributed by atoms with Crippen LogP contribution in [0.5, 0.6) is 0 Å². The lowest BCUT2D eigenvalue weighted by molar-refractivity contribution is 0.0269. The van der Waals surface area contributed by atoms with Gasteiger partial charge in [-0.05, 0) is 18.8 Å². The molecule has 22 heavy (non-hydrogen) atoms. The van der Waals surface area contributed by atoms with Gasteiger partial charge in [-0.2, -0.15) is 0 Å². The van der Waals surface area contributed by atoms with Gasteiger partial charge in [0, 0.05) is 6.61 Å². The Bertz CT molecular complexity index is 212. The fourth-order valence-electron chi connectivity index (χ4n) is 2.80. The van der Waals surface area contributed by atoms with Crippen LogP contribution in [0.15, 0.2) is 0 Å². The van der Waals surface area contributed by atoms with Gasteiger partial charge in [-0.1, -0.05) is 78.1 Å². The number of unbranched alkanes of at least 4 members (excludes halogenated alkanes) is 8. The summed E-state index contributed by atoms with van der Waals surface area (Å²) in [6, 6.07) is 0. The predicted octanol–water partition coefficient (Wildman–Crippen LogP) is 5.94. The molecule has 2 atom stereocenters. The van der Waals surface area contributed by atoms with E-state index in [1.165, 1.54) is 77.0 Å². The highest BCUT2D eigenvalue weighted by Gasteiger charge is 2.10. The Morgan fingerprint density at radius 3 is 1.82 bits per heavy atom. The van der Waals surface area contributed by atoms with Gasteiger partial charge in [0.2, 0.25) is 0 Å². The molecular weight excluding hydrogens is 296 g/mol. The first-order valence-corrected chi connectivity index (χ1v) is 10.1. The normalized spacial score (nSPS) is 14.2. The summed E-state index contributed by atoms with van der Waals surface area (Å²) < 4.78 is 5.67. The van der Waals surface area contributed by atoms with Crippen LogP contribution in [0.2, 0.25) is 0 Å². The fraction of sp³-hybridized carbons (Fsp3) is 1.00. The minimum Gasteiger partial charge on any atom is -0.389 e. The summed E-state index contributed by atoms with van der Waals surface area (Å²) in [4.78, 5) is 0. The first-order valence-electron chi connectivity index (χ1n) is 9.56. The third-order valence-electron chi connectivity index (χ3n) is 4.27. The molecule has 2 nitrogen and oxygen atoms in total. The van der Waals surface area contributed by atoms with Crippen LogP contribution < -0.4 is 0 Å². The maximum Gasteiger partial charge on any atom is 0.0908 e. The molecule has 1 N–H and O–H groups in total. The van der Waals surface area contributed by atoms with Gasteiger partial charge in [-0.15, -0.1) is 11.6 Å². The first kappa shape index (κ1) is 22.2. The van der Waals surface area contributed by atoms with Crippen molar-refractivity contribution in [2.75, 3.05) is 19.1 Å². The van der Waals surface area contributed by atoms with Crippen molar-refractivity contribution in [1.29, 1.82) is 0 Å². The Hall–Kier alpha value is 0.210. The summed E-state index contributed by atoms with van der Waals surface area (Å²) in [6.45, 7) is 5.68. The number of ether oxygens (including phenoxy) is 1. The molecule has 134 valence electrons. The Balaban J connectivity index is 3.79. The minimum atomic E-state index is -0.517. The second-order valence-corrected chi connectivity index (χ2v) is 6.93. The van der Waals surface area contributed by atoms with Crippen molar-refractivity contribution in [1.82, 2.24) is 0 Å².